The van der Waals surface area contributed by atoms with Gasteiger partial charge in [0.05, 0.1) is 13.7 Å². The maximum Gasteiger partial charge on any atom is 0.435 e. The number of methoxy groups -OCH3 is 1. The molecule has 2 atom stereocenters. The molecule has 1 saturated heterocycles. The molecule has 0 aromatic heterocycles. The molecule has 1 aromatic carbocycles. The van der Waals surface area contributed by atoms with Crippen molar-refractivity contribution in [2.24, 2.45) is 10.9 Å². The zero-order chi connectivity index (χ0) is 14.3. The van der Waals surface area contributed by atoms with Gasteiger partial charge in [0, 0.05) is 0 Å². The number of hydrogen-bond acceptors (Lipinski definition) is 6. The van der Waals surface area contributed by atoms with Crippen molar-refractivity contribution in [2.45, 2.75) is 5.60 Å². The lowest BCUT2D eigenvalue weighted by Gasteiger charge is -2.26. The number of nitrogens with one attached hydrogen (secondary N) is 1. The first-order valence-electron chi connectivity index (χ1n) is 6.09. The number of carbonyl (C=O) groups excluding carboxylic acids is 2. The quantitative estimate of drug-likeness (QED) is 0.753. The van der Waals surface area contributed by atoms with E-state index in [1.165, 1.54) is 7.11 Å². The second-order valence-electron chi connectivity index (χ2n) is 4.68. The van der Waals surface area contributed by atoms with Gasteiger partial charge in [-0.25, -0.2) is 4.79 Å². The average molecular weight is 275 g/mol. The Morgan fingerprint density at radius 3 is 2.85 bits per heavy atom. The molecule has 2 heterocycles. The van der Waals surface area contributed by atoms with Crippen molar-refractivity contribution in [1.29, 1.82) is 0 Å². The summed E-state index contributed by atoms with van der Waals surface area (Å²) in [5.74, 6) is -1.20. The van der Waals surface area contributed by atoms with Crippen LogP contribution >= 0.6 is 0 Å². The highest BCUT2D eigenvalue weighted by molar-refractivity contribution is 6.15. The van der Waals surface area contributed by atoms with E-state index in [1.807, 2.05) is 6.07 Å². The molecular formula is C13H13N3O4. The normalized spacial score (nSPS) is 27.9. The van der Waals surface area contributed by atoms with Gasteiger partial charge in [-0.05, 0) is 5.56 Å². The van der Waals surface area contributed by atoms with E-state index < -0.39 is 23.5 Å². The van der Waals surface area contributed by atoms with E-state index in [2.05, 4.69) is 15.2 Å². The Bertz CT molecular complexity index is 601. The molecule has 2 aliphatic rings. The zero-order valence-corrected chi connectivity index (χ0v) is 10.7. The molecule has 0 radical (unpaired) electrons. The van der Waals surface area contributed by atoms with Crippen LogP contribution in [0.2, 0.25) is 0 Å². The van der Waals surface area contributed by atoms with Gasteiger partial charge in [0.2, 0.25) is 0 Å². The number of carbonyl (C=O) groups is 2. The van der Waals surface area contributed by atoms with E-state index in [1.54, 1.807) is 24.3 Å². The SMILES string of the molecule is COC(=O)N1NC2=NC[C@@](O)(c3ccccc3)[C@@H]2C1=O. The smallest absolute Gasteiger partial charge is 0.435 e. The number of hydrazine groups is 1. The highest BCUT2D eigenvalue weighted by Crippen LogP contribution is 2.38. The zero-order valence-electron chi connectivity index (χ0n) is 10.7. The average Bonchev–Trinajstić information content (AvgIpc) is 2.99. The number of rotatable bonds is 1. The van der Waals surface area contributed by atoms with Crippen LogP contribution in [0.4, 0.5) is 4.79 Å². The Balaban J connectivity index is 1.97. The molecule has 0 aliphatic carbocycles. The predicted molar refractivity (Wildman–Crippen MR) is 68.5 cm³/mol. The van der Waals surface area contributed by atoms with Crippen LogP contribution in [0.15, 0.2) is 35.3 Å². The summed E-state index contributed by atoms with van der Waals surface area (Å²) in [4.78, 5) is 27.9. The van der Waals surface area contributed by atoms with Crippen molar-refractivity contribution in [3.63, 3.8) is 0 Å². The van der Waals surface area contributed by atoms with Crippen LogP contribution in [-0.2, 0) is 15.1 Å². The number of nitrogens with zero attached hydrogens (tertiary/aromatic N) is 2. The summed E-state index contributed by atoms with van der Waals surface area (Å²) in [6.45, 7) is 0.0742. The highest BCUT2D eigenvalue weighted by atomic mass is 16.5. The molecule has 3 rings (SSSR count). The molecule has 1 fully saturated rings. The van der Waals surface area contributed by atoms with E-state index in [9.17, 15) is 14.7 Å². The fourth-order valence-electron chi connectivity index (χ4n) is 2.55. The standard InChI is InChI=1S/C13H13N3O4/c1-20-12(18)16-11(17)9-10(15-16)14-7-13(9,19)8-5-3-2-4-6-8/h2-6,9,19H,7H2,1H3,(H,14,15)/t9-,13+/m0/s1. The maximum absolute atomic E-state index is 12.3. The molecule has 7 heteroatoms. The molecule has 7 nitrogen and oxygen atoms in total. The van der Waals surface area contributed by atoms with Crippen LogP contribution in [0, 0.1) is 5.92 Å². The van der Waals surface area contributed by atoms with Gasteiger partial charge in [0.25, 0.3) is 5.91 Å². The third-order valence-corrected chi connectivity index (χ3v) is 3.57. The molecule has 0 unspecified atom stereocenters. The fraction of sp³-hybridized carbons (Fsp3) is 0.308. The van der Waals surface area contributed by atoms with Gasteiger partial charge in [-0.2, -0.15) is 5.01 Å². The summed E-state index contributed by atoms with van der Waals surface area (Å²) < 4.78 is 4.51. The van der Waals surface area contributed by atoms with Crippen molar-refractivity contribution < 1.29 is 19.4 Å². The number of benzene rings is 1. The van der Waals surface area contributed by atoms with Crippen LogP contribution in [0.3, 0.4) is 0 Å². The Morgan fingerprint density at radius 1 is 1.50 bits per heavy atom. The Hall–Kier alpha value is -2.41. The van der Waals surface area contributed by atoms with Gasteiger partial charge in [0.15, 0.2) is 0 Å². The Kier molecular flexibility index (Phi) is 2.72. The van der Waals surface area contributed by atoms with Crippen LogP contribution in [0.25, 0.3) is 0 Å². The molecule has 2 aliphatic heterocycles. The predicted octanol–water partition coefficient (Wildman–Crippen LogP) is 0.0157. The third-order valence-electron chi connectivity index (χ3n) is 3.57. The molecular weight excluding hydrogens is 262 g/mol. The number of fused-ring (bicyclic) bond motifs is 1. The summed E-state index contributed by atoms with van der Waals surface area (Å²) in [5.41, 5.74) is 1.73. The van der Waals surface area contributed by atoms with Crippen molar-refractivity contribution in [1.82, 2.24) is 10.4 Å². The Morgan fingerprint density at radius 2 is 2.20 bits per heavy atom. The number of hydrogen-bond donors (Lipinski definition) is 2. The molecule has 104 valence electrons. The molecule has 0 spiro atoms. The van der Waals surface area contributed by atoms with E-state index >= 15 is 0 Å². The highest BCUT2D eigenvalue weighted by Gasteiger charge is 2.57. The van der Waals surface area contributed by atoms with Crippen LogP contribution in [0.5, 0.6) is 0 Å². The van der Waals surface area contributed by atoms with Gasteiger partial charge in [-0.15, -0.1) is 0 Å². The van der Waals surface area contributed by atoms with E-state index in [4.69, 9.17) is 0 Å². The molecule has 0 bridgehead atoms. The minimum absolute atomic E-state index is 0.0742. The van der Waals surface area contributed by atoms with Gasteiger partial charge >= 0.3 is 6.09 Å². The number of aliphatic imine (C=N–C) groups is 1. The minimum Gasteiger partial charge on any atom is -0.451 e. The van der Waals surface area contributed by atoms with Gasteiger partial charge < -0.3 is 9.84 Å². The summed E-state index contributed by atoms with van der Waals surface area (Å²) in [7, 11) is 1.18. The Labute approximate surface area is 114 Å². The lowest BCUT2D eigenvalue weighted by Crippen LogP contribution is -2.44. The largest absolute Gasteiger partial charge is 0.451 e. The van der Waals surface area contributed by atoms with E-state index in [0.717, 1.165) is 5.01 Å². The number of aliphatic hydroxyl groups is 1. The third kappa shape index (κ3) is 1.60. The fourth-order valence-corrected chi connectivity index (χ4v) is 2.55. The molecule has 2 amide bonds. The number of amides is 2. The first-order chi connectivity index (χ1) is 9.58. The van der Waals surface area contributed by atoms with Crippen LogP contribution in [-0.4, -0.2) is 41.6 Å². The van der Waals surface area contributed by atoms with Gasteiger partial charge in [-0.3, -0.25) is 15.2 Å². The monoisotopic (exact) mass is 275 g/mol. The first-order valence-corrected chi connectivity index (χ1v) is 6.09. The summed E-state index contributed by atoms with van der Waals surface area (Å²) in [6, 6.07) is 8.82. The number of amidine groups is 1. The van der Waals surface area contributed by atoms with Crippen molar-refractivity contribution in [2.75, 3.05) is 13.7 Å². The van der Waals surface area contributed by atoms with E-state index in [-0.39, 0.29) is 12.4 Å². The van der Waals surface area contributed by atoms with Crippen molar-refractivity contribution in [3.05, 3.63) is 35.9 Å². The molecule has 0 saturated carbocycles. The lowest BCUT2D eigenvalue weighted by molar-refractivity contribution is -0.136. The molecule has 1 aromatic rings. The first kappa shape index (κ1) is 12.6. The van der Waals surface area contributed by atoms with Crippen molar-refractivity contribution in [3.8, 4) is 0 Å². The van der Waals surface area contributed by atoms with E-state index in [0.29, 0.717) is 5.56 Å². The summed E-state index contributed by atoms with van der Waals surface area (Å²) in [5, 5.41) is 11.6. The minimum atomic E-state index is -1.44. The van der Waals surface area contributed by atoms with Gasteiger partial charge in [0.1, 0.15) is 17.4 Å². The molecule has 20 heavy (non-hydrogen) atoms. The second-order valence-corrected chi connectivity index (χ2v) is 4.68. The maximum atomic E-state index is 12.3. The summed E-state index contributed by atoms with van der Waals surface area (Å²) in [6.07, 6.45) is -0.831. The van der Waals surface area contributed by atoms with Crippen LogP contribution < -0.4 is 5.43 Å². The van der Waals surface area contributed by atoms with Gasteiger partial charge in [-0.1, -0.05) is 30.3 Å². The summed E-state index contributed by atoms with van der Waals surface area (Å²) >= 11 is 0. The lowest BCUT2D eigenvalue weighted by atomic mass is 9.82. The number of imide groups is 1. The second kappa shape index (κ2) is 4.31. The van der Waals surface area contributed by atoms with Crippen molar-refractivity contribution >= 4 is 17.8 Å². The molecule has 2 N–H and O–H groups in total. The number of ether oxygens (including phenoxy) is 1. The van der Waals surface area contributed by atoms with Crippen LogP contribution in [0.1, 0.15) is 5.56 Å². The topological polar surface area (TPSA) is 91.2 Å².